The molecule has 0 aliphatic carbocycles. The van der Waals surface area contributed by atoms with Crippen LogP contribution < -0.4 is 9.80 Å². The molecule has 37 heavy (non-hydrogen) atoms. The van der Waals surface area contributed by atoms with E-state index >= 15 is 0 Å². The van der Waals surface area contributed by atoms with E-state index in [0.717, 1.165) is 35.2 Å². The van der Waals surface area contributed by atoms with Crippen LogP contribution in [0.4, 0.5) is 11.6 Å². The molecule has 0 atom stereocenters. The Bertz CT molecular complexity index is 1600. The minimum atomic E-state index is -0.999. The maximum Gasteiger partial charge on any atom is 0.323 e. The highest BCUT2D eigenvalue weighted by Gasteiger charge is 2.24. The van der Waals surface area contributed by atoms with Gasteiger partial charge < -0.3 is 29.7 Å². The molecule has 5 aromatic rings. The molecule has 0 spiro atoms. The van der Waals surface area contributed by atoms with Gasteiger partial charge in [0.2, 0.25) is 5.95 Å². The number of aliphatic hydroxyl groups excluding tert-OH is 1. The van der Waals surface area contributed by atoms with Crippen molar-refractivity contribution in [3.63, 3.8) is 0 Å². The fourth-order valence-corrected chi connectivity index (χ4v) is 4.71. The predicted molar refractivity (Wildman–Crippen MR) is 136 cm³/mol. The summed E-state index contributed by atoms with van der Waals surface area (Å²) in [5.41, 5.74) is 3.37. The number of imidazole rings is 1. The molecular formula is C25H24N8O4. The second-order valence-corrected chi connectivity index (χ2v) is 8.84. The Kier molecular flexibility index (Phi) is 5.57. The number of aliphatic hydroxyl groups is 1. The lowest BCUT2D eigenvalue weighted by Crippen LogP contribution is -2.47. The first-order valence-electron chi connectivity index (χ1n) is 11.8. The highest BCUT2D eigenvalue weighted by atomic mass is 16.4. The summed E-state index contributed by atoms with van der Waals surface area (Å²) in [6.07, 6.45) is 3.13. The van der Waals surface area contributed by atoms with Crippen LogP contribution in [-0.4, -0.2) is 76.8 Å². The van der Waals surface area contributed by atoms with Crippen LogP contribution >= 0.6 is 0 Å². The maximum atomic E-state index is 11.5. The number of benzene rings is 2. The van der Waals surface area contributed by atoms with E-state index in [9.17, 15) is 20.1 Å². The van der Waals surface area contributed by atoms with Gasteiger partial charge in [-0.1, -0.05) is 12.1 Å². The number of piperazine rings is 1. The van der Waals surface area contributed by atoms with E-state index in [0.29, 0.717) is 36.0 Å². The lowest BCUT2D eigenvalue weighted by atomic mass is 10.1. The number of aromatic nitrogens is 6. The van der Waals surface area contributed by atoms with Crippen molar-refractivity contribution in [3.05, 3.63) is 60.6 Å². The summed E-state index contributed by atoms with van der Waals surface area (Å²) in [5.74, 6) is 0.129. The normalized spacial score (nSPS) is 14.1. The Morgan fingerprint density at radius 3 is 2.46 bits per heavy atom. The van der Waals surface area contributed by atoms with Gasteiger partial charge in [-0.15, -0.1) is 0 Å². The zero-order valence-electron chi connectivity index (χ0n) is 19.8. The van der Waals surface area contributed by atoms with E-state index in [-0.39, 0.29) is 18.9 Å². The third kappa shape index (κ3) is 4.06. The van der Waals surface area contributed by atoms with Crippen LogP contribution in [-0.2, 0) is 17.9 Å². The first-order valence-corrected chi connectivity index (χ1v) is 11.8. The number of carbonyl (C=O) groups is 1. The van der Waals surface area contributed by atoms with Crippen molar-refractivity contribution < 1.29 is 20.1 Å². The molecule has 3 N–H and O–H groups in total. The third-order valence-electron chi connectivity index (χ3n) is 6.59. The summed E-state index contributed by atoms with van der Waals surface area (Å²) in [6, 6.07) is 12.7. The topological polar surface area (TPSA) is 146 Å². The molecule has 1 fully saturated rings. The van der Waals surface area contributed by atoms with Gasteiger partial charge >= 0.3 is 5.97 Å². The monoisotopic (exact) mass is 500 g/mol. The Morgan fingerprint density at radius 2 is 1.73 bits per heavy atom. The number of phenols is 1. The van der Waals surface area contributed by atoms with Gasteiger partial charge in [0.25, 0.3) is 0 Å². The number of aliphatic carboxylic acids is 1. The summed E-state index contributed by atoms with van der Waals surface area (Å²) in [5, 5.41) is 34.1. The number of phenolic OH excluding ortho intramolecular Hbond substituents is 1. The third-order valence-corrected chi connectivity index (χ3v) is 6.59. The van der Waals surface area contributed by atoms with E-state index in [1.807, 2.05) is 30.3 Å². The van der Waals surface area contributed by atoms with Crippen LogP contribution in [0.3, 0.4) is 0 Å². The molecular weight excluding hydrogens is 476 g/mol. The molecule has 2 aromatic carbocycles. The summed E-state index contributed by atoms with van der Waals surface area (Å²) in [4.78, 5) is 29.8. The zero-order chi connectivity index (χ0) is 25.5. The molecule has 0 amide bonds. The minimum absolute atomic E-state index is 0.119. The number of rotatable bonds is 6. The van der Waals surface area contributed by atoms with Crippen molar-refractivity contribution >= 4 is 39.7 Å². The van der Waals surface area contributed by atoms with Crippen LogP contribution in [0.2, 0.25) is 0 Å². The van der Waals surface area contributed by atoms with Crippen molar-refractivity contribution in [2.75, 3.05) is 36.0 Å². The van der Waals surface area contributed by atoms with Crippen LogP contribution in [0.25, 0.3) is 27.9 Å². The highest BCUT2D eigenvalue weighted by molar-refractivity contribution is 5.88. The number of fused-ring (bicyclic) bond motifs is 2. The van der Waals surface area contributed by atoms with Crippen LogP contribution in [0.1, 0.15) is 5.56 Å². The second kappa shape index (κ2) is 9.06. The summed E-state index contributed by atoms with van der Waals surface area (Å²) < 4.78 is 3.15. The smallest absolute Gasteiger partial charge is 0.323 e. The van der Waals surface area contributed by atoms with E-state index < -0.39 is 5.97 Å². The van der Waals surface area contributed by atoms with Gasteiger partial charge in [0.05, 0.1) is 24.6 Å². The summed E-state index contributed by atoms with van der Waals surface area (Å²) in [6.45, 7) is 2.34. The molecule has 1 saturated heterocycles. The van der Waals surface area contributed by atoms with E-state index in [2.05, 4.69) is 19.9 Å². The first kappa shape index (κ1) is 22.7. The molecule has 4 heterocycles. The van der Waals surface area contributed by atoms with Crippen LogP contribution in [0.5, 0.6) is 5.75 Å². The molecule has 3 aromatic heterocycles. The molecule has 0 unspecified atom stereocenters. The minimum Gasteiger partial charge on any atom is -0.508 e. The fourth-order valence-electron chi connectivity index (χ4n) is 4.71. The number of hydrogen-bond donors (Lipinski definition) is 3. The largest absolute Gasteiger partial charge is 0.508 e. The second-order valence-electron chi connectivity index (χ2n) is 8.84. The molecule has 1 aliphatic rings. The lowest BCUT2D eigenvalue weighted by Gasteiger charge is -2.36. The fraction of sp³-hybridized carbons (Fsp3) is 0.240. The molecule has 1 aliphatic heterocycles. The van der Waals surface area contributed by atoms with Crippen molar-refractivity contribution in [3.8, 4) is 11.6 Å². The quantitative estimate of drug-likeness (QED) is 0.315. The van der Waals surface area contributed by atoms with Gasteiger partial charge in [0, 0.05) is 37.3 Å². The predicted octanol–water partition coefficient (Wildman–Crippen LogP) is 1.77. The number of aromatic hydroxyl groups is 1. The van der Waals surface area contributed by atoms with Gasteiger partial charge in [0.15, 0.2) is 17.0 Å². The van der Waals surface area contributed by atoms with Gasteiger partial charge in [-0.2, -0.15) is 15.1 Å². The summed E-state index contributed by atoms with van der Waals surface area (Å²) >= 11 is 0. The molecule has 12 nitrogen and oxygen atoms in total. The number of hydrogen-bond acceptors (Lipinski definition) is 9. The number of nitrogens with zero attached hydrogens (tertiary/aromatic N) is 8. The Balaban J connectivity index is 1.41. The van der Waals surface area contributed by atoms with Crippen molar-refractivity contribution in [1.82, 2.24) is 29.3 Å². The SMILES string of the molecule is O=C(O)Cn1cnc2c(-n3ncc4c(CO)cccc43)nc(N3CCN(c4ccc(O)cc4)CC3)nc21. The van der Waals surface area contributed by atoms with E-state index in [1.165, 1.54) is 10.9 Å². The molecule has 188 valence electrons. The van der Waals surface area contributed by atoms with Gasteiger partial charge in [-0.05, 0) is 35.9 Å². The van der Waals surface area contributed by atoms with Crippen LogP contribution in [0.15, 0.2) is 55.0 Å². The highest BCUT2D eigenvalue weighted by Crippen LogP contribution is 2.28. The first-order chi connectivity index (χ1) is 18.0. The summed E-state index contributed by atoms with van der Waals surface area (Å²) in [7, 11) is 0. The van der Waals surface area contributed by atoms with Gasteiger partial charge in [-0.3, -0.25) is 4.79 Å². The molecule has 0 saturated carbocycles. The average Bonchev–Trinajstić information content (AvgIpc) is 3.53. The van der Waals surface area contributed by atoms with Crippen LogP contribution in [0, 0.1) is 0 Å². The molecule has 0 bridgehead atoms. The van der Waals surface area contributed by atoms with Crippen molar-refractivity contribution in [2.45, 2.75) is 13.2 Å². The Labute approximate surface area is 210 Å². The van der Waals surface area contributed by atoms with Crippen molar-refractivity contribution in [1.29, 1.82) is 0 Å². The Morgan fingerprint density at radius 1 is 0.973 bits per heavy atom. The number of anilines is 2. The molecule has 6 rings (SSSR count). The molecule has 0 radical (unpaired) electrons. The zero-order valence-corrected chi connectivity index (χ0v) is 19.8. The van der Waals surface area contributed by atoms with E-state index in [1.54, 1.807) is 23.0 Å². The van der Waals surface area contributed by atoms with E-state index in [4.69, 9.17) is 9.97 Å². The number of carboxylic acids is 1. The maximum absolute atomic E-state index is 11.5. The van der Waals surface area contributed by atoms with Gasteiger partial charge in [0.1, 0.15) is 12.3 Å². The lowest BCUT2D eigenvalue weighted by molar-refractivity contribution is -0.137. The van der Waals surface area contributed by atoms with Crippen molar-refractivity contribution in [2.24, 2.45) is 0 Å². The van der Waals surface area contributed by atoms with Gasteiger partial charge in [-0.25, -0.2) is 9.67 Å². The Hall–Kier alpha value is -4.71. The number of carboxylic acid groups (broad SMARTS) is 1. The molecule has 12 heteroatoms. The average molecular weight is 501 g/mol. The standard InChI is InChI=1S/C25H24N8O4/c34-14-16-2-1-3-20-19(16)12-27-33(20)24-22-23(32(15-26-22)13-21(36)37)28-25(29-24)31-10-8-30(9-11-31)17-4-6-18(35)7-5-17/h1-7,12,15,34-35H,8-11,13-14H2,(H,36,37).